The van der Waals surface area contributed by atoms with Crippen molar-refractivity contribution in [3.63, 3.8) is 0 Å². The molecule has 0 aliphatic rings. The van der Waals surface area contributed by atoms with Crippen LogP contribution in [0, 0.1) is 0 Å². The van der Waals surface area contributed by atoms with Gasteiger partial charge >= 0.3 is 5.97 Å². The third-order valence-corrected chi connectivity index (χ3v) is 0.257. The zero-order valence-corrected chi connectivity index (χ0v) is 6.05. The number of hydrogen-bond donors (Lipinski definition) is 1. The van der Waals surface area contributed by atoms with Crippen molar-refractivity contribution in [1.82, 2.24) is 0 Å². The summed E-state index contributed by atoms with van der Waals surface area (Å²) in [6.07, 6.45) is 0.861. The molecule has 0 aliphatic carbocycles. The van der Waals surface area contributed by atoms with Crippen LogP contribution in [0.5, 0.6) is 0 Å². The van der Waals surface area contributed by atoms with E-state index in [9.17, 15) is 4.79 Å². The first-order chi connectivity index (χ1) is 2.81. The Hall–Kier alpha value is 0.170. The molecule has 0 unspecified atom stereocenters. The molecule has 0 aromatic heterocycles. The molecule has 0 atom stereocenters. The van der Waals surface area contributed by atoms with Gasteiger partial charge in [-0.2, -0.15) is 5.26 Å². The van der Waals surface area contributed by atoms with E-state index in [1.807, 2.05) is 0 Å². The van der Waals surface area contributed by atoms with E-state index in [2.05, 4.69) is 11.5 Å². The Morgan fingerprint density at radius 3 is 2.29 bits per heavy atom. The van der Waals surface area contributed by atoms with Gasteiger partial charge in [-0.15, -0.1) is 0 Å². The minimum atomic E-state index is -0.838. The van der Waals surface area contributed by atoms with E-state index >= 15 is 0 Å². The molecule has 0 saturated carbocycles. The van der Waals surface area contributed by atoms with Gasteiger partial charge in [0.15, 0.2) is 0 Å². The topological polar surface area (TPSA) is 46.5 Å². The van der Waals surface area contributed by atoms with Gasteiger partial charge in [0.25, 0.3) is 0 Å². The van der Waals surface area contributed by atoms with Crippen LogP contribution in [-0.2, 0) is 9.68 Å². The summed E-state index contributed by atoms with van der Waals surface area (Å²) in [6, 6.07) is 0. The summed E-state index contributed by atoms with van der Waals surface area (Å²) in [5.41, 5.74) is 0. The molecule has 3 nitrogen and oxygen atoms in total. The second kappa shape index (κ2) is 6.17. The Morgan fingerprint density at radius 1 is 1.86 bits per heavy atom. The normalized spacial score (nSPS) is 5.86. The monoisotopic (exact) mass is 111 g/mol. The van der Waals surface area contributed by atoms with E-state index in [0.717, 1.165) is 6.08 Å². The molecule has 0 saturated heterocycles. The molecular weight excluding hydrogens is 107 g/mol. The Bertz CT molecular complexity index is 70.6. The SMILES string of the molecule is C=CC(=O)OO.[Na]. The maximum atomic E-state index is 9.59. The Labute approximate surface area is 63.2 Å². The fourth-order valence-corrected chi connectivity index (χ4v) is 0.0373. The average Bonchev–Trinajstić information content (AvgIpc) is 1.65. The van der Waals surface area contributed by atoms with Gasteiger partial charge in [-0.3, -0.25) is 4.89 Å². The molecule has 0 aromatic rings. The van der Waals surface area contributed by atoms with Crippen molar-refractivity contribution in [2.75, 3.05) is 0 Å². The molecule has 0 fully saturated rings. The number of hydrogen-bond acceptors (Lipinski definition) is 3. The molecular formula is C3H4NaO3. The van der Waals surface area contributed by atoms with Crippen LogP contribution < -0.4 is 0 Å². The van der Waals surface area contributed by atoms with Crippen molar-refractivity contribution < 1.29 is 14.9 Å². The van der Waals surface area contributed by atoms with Crippen molar-refractivity contribution in [1.29, 1.82) is 0 Å². The zero-order chi connectivity index (χ0) is 4.99. The minimum Gasteiger partial charge on any atom is -0.296 e. The smallest absolute Gasteiger partial charge is 0.296 e. The van der Waals surface area contributed by atoms with Crippen molar-refractivity contribution in [3.8, 4) is 0 Å². The van der Waals surface area contributed by atoms with Crippen LogP contribution in [0.3, 0.4) is 0 Å². The molecule has 0 heterocycles. The van der Waals surface area contributed by atoms with Gasteiger partial charge in [0, 0.05) is 35.6 Å². The summed E-state index contributed by atoms with van der Waals surface area (Å²) in [5.74, 6) is -0.838. The maximum absolute atomic E-state index is 9.59. The molecule has 0 aliphatic heterocycles. The Morgan fingerprint density at radius 2 is 2.29 bits per heavy atom. The van der Waals surface area contributed by atoms with Crippen LogP contribution in [0.2, 0.25) is 0 Å². The molecule has 4 heteroatoms. The second-order valence-electron chi connectivity index (χ2n) is 0.614. The zero-order valence-electron chi connectivity index (χ0n) is 4.05. The number of rotatable bonds is 1. The second-order valence-corrected chi connectivity index (χ2v) is 0.614. The van der Waals surface area contributed by atoms with E-state index in [1.165, 1.54) is 0 Å². The van der Waals surface area contributed by atoms with E-state index in [4.69, 9.17) is 5.26 Å². The van der Waals surface area contributed by atoms with E-state index in [-0.39, 0.29) is 29.6 Å². The van der Waals surface area contributed by atoms with Gasteiger partial charge in [-0.1, -0.05) is 6.58 Å². The first kappa shape index (κ1) is 10.2. The third kappa shape index (κ3) is 6.17. The Balaban J connectivity index is 0. The van der Waals surface area contributed by atoms with Crippen molar-refractivity contribution >= 4 is 35.5 Å². The quantitative estimate of drug-likeness (QED) is 0.221. The molecule has 0 aromatic carbocycles. The maximum Gasteiger partial charge on any atom is 0.365 e. The van der Waals surface area contributed by atoms with Crippen molar-refractivity contribution in [2.45, 2.75) is 0 Å². The van der Waals surface area contributed by atoms with Gasteiger partial charge < -0.3 is 0 Å². The molecule has 0 bridgehead atoms. The number of carbonyl (C=O) groups is 1. The Kier molecular flexibility index (Phi) is 9.00. The number of carbonyl (C=O) groups excluding carboxylic acids is 1. The van der Waals surface area contributed by atoms with Gasteiger partial charge in [-0.25, -0.2) is 4.79 Å². The van der Waals surface area contributed by atoms with Gasteiger partial charge in [0.2, 0.25) is 0 Å². The van der Waals surface area contributed by atoms with Crippen LogP contribution in [0.1, 0.15) is 0 Å². The van der Waals surface area contributed by atoms with Crippen molar-refractivity contribution in [2.24, 2.45) is 0 Å². The van der Waals surface area contributed by atoms with Crippen LogP contribution in [-0.4, -0.2) is 40.8 Å². The fourth-order valence-electron chi connectivity index (χ4n) is 0.0373. The average molecular weight is 111 g/mol. The summed E-state index contributed by atoms with van der Waals surface area (Å²) in [5, 5.41) is 7.41. The molecule has 0 rings (SSSR count). The van der Waals surface area contributed by atoms with E-state index in [0.29, 0.717) is 0 Å². The van der Waals surface area contributed by atoms with E-state index in [1.54, 1.807) is 0 Å². The molecule has 0 amide bonds. The van der Waals surface area contributed by atoms with Crippen LogP contribution in [0.25, 0.3) is 0 Å². The summed E-state index contributed by atoms with van der Waals surface area (Å²) in [6.45, 7) is 3.00. The van der Waals surface area contributed by atoms with Crippen LogP contribution in [0.15, 0.2) is 12.7 Å². The fraction of sp³-hybridized carbons (Fsp3) is 0. The third-order valence-electron chi connectivity index (χ3n) is 0.257. The predicted octanol–water partition coefficient (Wildman–Crippen LogP) is -0.192. The summed E-state index contributed by atoms with van der Waals surface area (Å²) in [7, 11) is 0. The molecule has 7 heavy (non-hydrogen) atoms. The summed E-state index contributed by atoms with van der Waals surface area (Å²) < 4.78 is 0. The molecule has 1 radical (unpaired) electrons. The summed E-state index contributed by atoms with van der Waals surface area (Å²) in [4.78, 5) is 12.7. The minimum absolute atomic E-state index is 0. The molecule has 1 N–H and O–H groups in total. The standard InChI is InChI=1S/C3H4O3.Na/c1-2-3(4)6-5;/h2,5H,1H2;. The summed E-state index contributed by atoms with van der Waals surface area (Å²) >= 11 is 0. The van der Waals surface area contributed by atoms with Crippen LogP contribution >= 0.6 is 0 Å². The van der Waals surface area contributed by atoms with Crippen LogP contribution in [0.4, 0.5) is 0 Å². The van der Waals surface area contributed by atoms with Gasteiger partial charge in [0.1, 0.15) is 0 Å². The van der Waals surface area contributed by atoms with Gasteiger partial charge in [-0.05, 0) is 0 Å². The largest absolute Gasteiger partial charge is 0.365 e. The predicted molar refractivity (Wildman–Crippen MR) is 24.7 cm³/mol. The molecule has 0 spiro atoms. The van der Waals surface area contributed by atoms with Gasteiger partial charge in [0.05, 0.1) is 0 Å². The first-order valence-electron chi connectivity index (χ1n) is 1.29. The van der Waals surface area contributed by atoms with Crippen molar-refractivity contribution in [3.05, 3.63) is 12.7 Å². The molecule has 35 valence electrons. The first-order valence-corrected chi connectivity index (χ1v) is 1.29. The van der Waals surface area contributed by atoms with E-state index < -0.39 is 5.97 Å².